The lowest BCUT2D eigenvalue weighted by atomic mass is 10.1. The predicted octanol–water partition coefficient (Wildman–Crippen LogP) is 3.37. The number of carbonyl (C=O) groups excluding carboxylic acids is 1. The Balaban J connectivity index is 1.80. The minimum absolute atomic E-state index is 0.143. The lowest BCUT2D eigenvalue weighted by molar-refractivity contribution is 0.0449. The maximum absolute atomic E-state index is 12.9. The SMILES string of the molecule is Cc1cc(F)ccc1C(=O)OCCOc1ccccc1. The van der Waals surface area contributed by atoms with Crippen LogP contribution in [0, 0.1) is 12.7 Å². The highest BCUT2D eigenvalue weighted by atomic mass is 19.1. The molecule has 0 heterocycles. The molecule has 0 aliphatic heterocycles. The molecule has 20 heavy (non-hydrogen) atoms. The van der Waals surface area contributed by atoms with E-state index >= 15 is 0 Å². The zero-order chi connectivity index (χ0) is 14.4. The first kappa shape index (κ1) is 14.1. The number of para-hydroxylation sites is 1. The number of hydrogen-bond acceptors (Lipinski definition) is 3. The van der Waals surface area contributed by atoms with Gasteiger partial charge in [0.25, 0.3) is 0 Å². The van der Waals surface area contributed by atoms with Crippen LogP contribution in [-0.4, -0.2) is 19.2 Å². The molecule has 0 aromatic heterocycles. The van der Waals surface area contributed by atoms with E-state index in [1.165, 1.54) is 18.2 Å². The van der Waals surface area contributed by atoms with Gasteiger partial charge in [0.1, 0.15) is 24.8 Å². The van der Waals surface area contributed by atoms with Crippen molar-refractivity contribution >= 4 is 5.97 Å². The van der Waals surface area contributed by atoms with Gasteiger partial charge in [-0.15, -0.1) is 0 Å². The summed E-state index contributed by atoms with van der Waals surface area (Å²) >= 11 is 0. The standard InChI is InChI=1S/C16H15FO3/c1-12-11-13(17)7-8-15(12)16(18)20-10-9-19-14-5-3-2-4-6-14/h2-8,11H,9-10H2,1H3. The van der Waals surface area contributed by atoms with Crippen molar-refractivity contribution in [1.82, 2.24) is 0 Å². The van der Waals surface area contributed by atoms with E-state index in [2.05, 4.69) is 0 Å². The van der Waals surface area contributed by atoms with Gasteiger partial charge >= 0.3 is 5.97 Å². The van der Waals surface area contributed by atoms with Crippen molar-refractivity contribution in [1.29, 1.82) is 0 Å². The van der Waals surface area contributed by atoms with Crippen molar-refractivity contribution in [2.45, 2.75) is 6.92 Å². The highest BCUT2D eigenvalue weighted by Crippen LogP contribution is 2.12. The number of ether oxygens (including phenoxy) is 2. The number of rotatable bonds is 5. The maximum atomic E-state index is 12.9. The summed E-state index contributed by atoms with van der Waals surface area (Å²) in [6.07, 6.45) is 0. The van der Waals surface area contributed by atoms with Gasteiger partial charge in [-0.2, -0.15) is 0 Å². The molecule has 3 nitrogen and oxygen atoms in total. The number of halogens is 1. The Bertz CT molecular complexity index is 582. The molecule has 4 heteroatoms. The van der Waals surface area contributed by atoms with Crippen LogP contribution < -0.4 is 4.74 Å². The van der Waals surface area contributed by atoms with Crippen LogP contribution in [0.2, 0.25) is 0 Å². The highest BCUT2D eigenvalue weighted by molar-refractivity contribution is 5.90. The number of hydrogen-bond donors (Lipinski definition) is 0. The van der Waals surface area contributed by atoms with Gasteiger partial charge in [-0.25, -0.2) is 9.18 Å². The summed E-state index contributed by atoms with van der Waals surface area (Å²) in [4.78, 5) is 11.8. The van der Waals surface area contributed by atoms with Gasteiger partial charge < -0.3 is 9.47 Å². The van der Waals surface area contributed by atoms with Gasteiger partial charge in [-0.05, 0) is 42.8 Å². The second-order valence-corrected chi connectivity index (χ2v) is 4.26. The fourth-order valence-corrected chi connectivity index (χ4v) is 1.74. The van der Waals surface area contributed by atoms with E-state index in [0.717, 1.165) is 5.75 Å². The number of carbonyl (C=O) groups is 1. The van der Waals surface area contributed by atoms with Crippen molar-refractivity contribution in [3.63, 3.8) is 0 Å². The Kier molecular flexibility index (Phi) is 4.71. The Hall–Kier alpha value is -2.36. The first-order valence-electron chi connectivity index (χ1n) is 6.28. The van der Waals surface area contributed by atoms with E-state index in [1.807, 2.05) is 30.3 Å². The molecule has 104 valence electrons. The van der Waals surface area contributed by atoms with Gasteiger partial charge in [-0.3, -0.25) is 0 Å². The number of esters is 1. The van der Waals surface area contributed by atoms with Crippen LogP contribution >= 0.6 is 0 Å². The van der Waals surface area contributed by atoms with E-state index in [1.54, 1.807) is 6.92 Å². The summed E-state index contributed by atoms with van der Waals surface area (Å²) in [6.45, 7) is 2.08. The molecule has 0 fully saturated rings. The van der Waals surface area contributed by atoms with Gasteiger partial charge in [0.2, 0.25) is 0 Å². The average molecular weight is 274 g/mol. The van der Waals surface area contributed by atoms with Crippen molar-refractivity contribution in [2.75, 3.05) is 13.2 Å². The van der Waals surface area contributed by atoms with Crippen LogP contribution in [0.25, 0.3) is 0 Å². The van der Waals surface area contributed by atoms with Crippen LogP contribution in [0.1, 0.15) is 15.9 Å². The second-order valence-electron chi connectivity index (χ2n) is 4.26. The van der Waals surface area contributed by atoms with E-state index < -0.39 is 5.97 Å². The molecular formula is C16H15FO3. The predicted molar refractivity (Wildman–Crippen MR) is 73.4 cm³/mol. The lowest BCUT2D eigenvalue weighted by Crippen LogP contribution is -2.13. The normalized spacial score (nSPS) is 10.1. The number of benzene rings is 2. The average Bonchev–Trinajstić information content (AvgIpc) is 2.44. The second kappa shape index (κ2) is 6.70. The quantitative estimate of drug-likeness (QED) is 0.619. The molecule has 0 bridgehead atoms. The topological polar surface area (TPSA) is 35.5 Å². The maximum Gasteiger partial charge on any atom is 0.338 e. The summed E-state index contributed by atoms with van der Waals surface area (Å²) in [6, 6.07) is 13.2. The fourth-order valence-electron chi connectivity index (χ4n) is 1.74. The molecule has 0 aliphatic rings. The molecule has 0 N–H and O–H groups in total. The third-order valence-electron chi connectivity index (χ3n) is 2.74. The molecule has 0 aliphatic carbocycles. The highest BCUT2D eigenvalue weighted by Gasteiger charge is 2.10. The van der Waals surface area contributed by atoms with E-state index in [4.69, 9.17) is 9.47 Å². The largest absolute Gasteiger partial charge is 0.490 e. The molecule has 0 radical (unpaired) electrons. The molecule has 0 unspecified atom stereocenters. The van der Waals surface area contributed by atoms with Crippen molar-refractivity contribution in [3.8, 4) is 5.75 Å². The zero-order valence-electron chi connectivity index (χ0n) is 11.1. The summed E-state index contributed by atoms with van der Waals surface area (Å²) in [7, 11) is 0. The van der Waals surface area contributed by atoms with Crippen LogP contribution in [-0.2, 0) is 4.74 Å². The molecular weight excluding hydrogens is 259 g/mol. The van der Waals surface area contributed by atoms with Crippen LogP contribution in [0.3, 0.4) is 0 Å². The summed E-state index contributed by atoms with van der Waals surface area (Å²) in [5.74, 6) is -0.118. The Morgan fingerprint density at radius 2 is 1.85 bits per heavy atom. The smallest absolute Gasteiger partial charge is 0.338 e. The van der Waals surface area contributed by atoms with Crippen molar-refractivity contribution in [3.05, 3.63) is 65.5 Å². The van der Waals surface area contributed by atoms with Gasteiger partial charge in [0.05, 0.1) is 5.56 Å². The Morgan fingerprint density at radius 1 is 1.10 bits per heavy atom. The first-order chi connectivity index (χ1) is 9.66. The minimum atomic E-state index is -0.473. The molecule has 2 aromatic carbocycles. The zero-order valence-corrected chi connectivity index (χ0v) is 11.1. The van der Waals surface area contributed by atoms with Crippen molar-refractivity contribution < 1.29 is 18.7 Å². The monoisotopic (exact) mass is 274 g/mol. The van der Waals surface area contributed by atoms with Gasteiger partial charge in [0, 0.05) is 0 Å². The molecule has 2 rings (SSSR count). The lowest BCUT2D eigenvalue weighted by Gasteiger charge is -2.08. The van der Waals surface area contributed by atoms with Crippen LogP contribution in [0.4, 0.5) is 4.39 Å². The summed E-state index contributed by atoms with van der Waals surface area (Å²) < 4.78 is 23.4. The van der Waals surface area contributed by atoms with E-state index in [0.29, 0.717) is 11.1 Å². The minimum Gasteiger partial charge on any atom is -0.490 e. The number of aryl methyl sites for hydroxylation is 1. The molecule has 0 amide bonds. The summed E-state index contributed by atoms with van der Waals surface area (Å²) in [5.41, 5.74) is 0.921. The van der Waals surface area contributed by atoms with E-state index in [9.17, 15) is 9.18 Å². The Labute approximate surface area is 117 Å². The van der Waals surface area contributed by atoms with Crippen molar-refractivity contribution in [2.24, 2.45) is 0 Å². The van der Waals surface area contributed by atoms with Crippen LogP contribution in [0.5, 0.6) is 5.75 Å². The van der Waals surface area contributed by atoms with Crippen LogP contribution in [0.15, 0.2) is 48.5 Å². The van der Waals surface area contributed by atoms with Gasteiger partial charge in [0.15, 0.2) is 0 Å². The first-order valence-corrected chi connectivity index (χ1v) is 6.28. The van der Waals surface area contributed by atoms with E-state index in [-0.39, 0.29) is 19.0 Å². The molecule has 0 saturated carbocycles. The molecule has 0 spiro atoms. The Morgan fingerprint density at radius 3 is 2.55 bits per heavy atom. The third-order valence-corrected chi connectivity index (χ3v) is 2.74. The van der Waals surface area contributed by atoms with Gasteiger partial charge in [-0.1, -0.05) is 18.2 Å². The fraction of sp³-hybridized carbons (Fsp3) is 0.188. The third kappa shape index (κ3) is 3.82. The summed E-state index contributed by atoms with van der Waals surface area (Å²) in [5, 5.41) is 0. The molecule has 2 aromatic rings. The molecule has 0 atom stereocenters. The molecule has 0 saturated heterocycles.